The first kappa shape index (κ1) is 36.8. The van der Waals surface area contributed by atoms with Crippen molar-refractivity contribution in [1.29, 1.82) is 0 Å². The van der Waals surface area contributed by atoms with E-state index in [4.69, 9.17) is 18.6 Å². The summed E-state index contributed by atoms with van der Waals surface area (Å²) in [5, 5.41) is 5.49. The van der Waals surface area contributed by atoms with Gasteiger partial charge in [-0.15, -0.1) is 0 Å². The van der Waals surface area contributed by atoms with Crippen LogP contribution >= 0.6 is 15.9 Å². The van der Waals surface area contributed by atoms with Crippen LogP contribution in [0.4, 0.5) is 9.59 Å². The molecule has 260 valence electrons. The summed E-state index contributed by atoms with van der Waals surface area (Å²) < 4.78 is 23.5. The van der Waals surface area contributed by atoms with E-state index in [2.05, 4.69) is 31.5 Å². The topological polar surface area (TPSA) is 168 Å². The zero-order chi connectivity index (χ0) is 36.0. The third kappa shape index (κ3) is 8.93. The molecule has 0 aliphatic rings. The van der Waals surface area contributed by atoms with Gasteiger partial charge in [0.15, 0.2) is 17.5 Å². The minimum atomic E-state index is -1.82. The van der Waals surface area contributed by atoms with E-state index in [9.17, 15) is 24.0 Å². The van der Waals surface area contributed by atoms with Crippen molar-refractivity contribution in [3.63, 3.8) is 0 Å². The van der Waals surface area contributed by atoms with Crippen LogP contribution in [0.5, 0.6) is 0 Å². The molecule has 2 amide bonds. The number of fused-ring (bicyclic) bond motifs is 1. The molecule has 14 heteroatoms. The molecule has 0 saturated carbocycles. The van der Waals surface area contributed by atoms with Gasteiger partial charge in [-0.3, -0.25) is 14.2 Å². The second-order valence-corrected chi connectivity index (χ2v) is 13.3. The first-order valence-corrected chi connectivity index (χ1v) is 16.4. The lowest BCUT2D eigenvalue weighted by Crippen LogP contribution is -2.47. The number of oxazole rings is 1. The Kier molecular flexibility index (Phi) is 11.7. The molecule has 0 fully saturated rings. The normalized spacial score (nSPS) is 12.7. The summed E-state index contributed by atoms with van der Waals surface area (Å²) in [4.78, 5) is 71.0. The number of aromatic nitrogens is 2. The van der Waals surface area contributed by atoms with Gasteiger partial charge >= 0.3 is 18.2 Å². The van der Waals surface area contributed by atoms with Crippen LogP contribution in [-0.2, 0) is 25.6 Å². The third-order valence-corrected chi connectivity index (χ3v) is 7.80. The number of hydrogen-bond donors (Lipinski definition) is 2. The number of alkyl carbamates (subject to hydrolysis) is 1. The highest BCUT2D eigenvalue weighted by Gasteiger charge is 2.36. The Morgan fingerprint density at radius 3 is 2.31 bits per heavy atom. The molecule has 4 aromatic rings. The van der Waals surface area contributed by atoms with E-state index >= 15 is 0 Å². The molecule has 1 unspecified atom stereocenters. The summed E-state index contributed by atoms with van der Waals surface area (Å²) in [5.41, 5.74) is 0.0677. The van der Waals surface area contributed by atoms with Crippen LogP contribution in [0, 0.1) is 12.8 Å². The molecule has 2 aromatic heterocycles. The molecule has 2 aromatic carbocycles. The van der Waals surface area contributed by atoms with Gasteiger partial charge in [-0.25, -0.2) is 19.4 Å². The van der Waals surface area contributed by atoms with Crippen LogP contribution in [0.15, 0.2) is 63.6 Å². The highest BCUT2D eigenvalue weighted by molar-refractivity contribution is 9.10. The van der Waals surface area contributed by atoms with Gasteiger partial charge in [-0.1, -0.05) is 66.2 Å². The maximum atomic E-state index is 14.1. The van der Waals surface area contributed by atoms with E-state index in [1.807, 2.05) is 44.2 Å². The number of hydrogen-bond acceptors (Lipinski definition) is 10. The Hall–Kier alpha value is -4.98. The summed E-state index contributed by atoms with van der Waals surface area (Å²) in [6.45, 7) is 11.8. The minimum absolute atomic E-state index is 0.0256. The molecule has 2 N–H and O–H groups in total. The van der Waals surface area contributed by atoms with Crippen molar-refractivity contribution < 1.29 is 42.6 Å². The fourth-order valence-corrected chi connectivity index (χ4v) is 5.44. The van der Waals surface area contributed by atoms with Crippen molar-refractivity contribution in [2.75, 3.05) is 6.61 Å². The monoisotopic (exact) mass is 738 g/mol. The first-order chi connectivity index (χ1) is 23.1. The number of ether oxygens (including phenoxy) is 3. The van der Waals surface area contributed by atoms with Crippen molar-refractivity contribution >= 4 is 56.7 Å². The number of amides is 2. The standard InChI is InChI=1S/C35H39BrN4O9/c1-8-46-32(43)28(29(41)22-17-40(34(45)49-35(5,6)7)24-16-12-15-23(36)25(22)24)37-30(42)27-20(4)48-31(38-27)26(19(2)3)39-33(44)47-18-21-13-10-9-11-14-21/h9-17,19,26,28H,8,18H2,1-7H3,(H,37,42)(H,39,44)/t26-,28?/m0/s1. The zero-order valence-corrected chi connectivity index (χ0v) is 29.9. The number of rotatable bonds is 11. The van der Waals surface area contributed by atoms with Gasteiger partial charge in [0.25, 0.3) is 5.91 Å². The molecule has 0 bridgehead atoms. The zero-order valence-electron chi connectivity index (χ0n) is 28.3. The predicted molar refractivity (Wildman–Crippen MR) is 182 cm³/mol. The van der Waals surface area contributed by atoms with Crippen molar-refractivity contribution in [1.82, 2.24) is 20.2 Å². The molecule has 0 radical (unpaired) electrons. The number of Topliss-reactive ketones (excluding diaryl/α,β-unsaturated/α-hetero) is 1. The van der Waals surface area contributed by atoms with E-state index in [-0.39, 0.29) is 42.0 Å². The minimum Gasteiger partial charge on any atom is -0.464 e. The first-order valence-electron chi connectivity index (χ1n) is 15.6. The molecule has 49 heavy (non-hydrogen) atoms. The van der Waals surface area contributed by atoms with Gasteiger partial charge in [0.05, 0.1) is 12.1 Å². The smallest absolute Gasteiger partial charge is 0.419 e. The lowest BCUT2D eigenvalue weighted by molar-refractivity contribution is -0.144. The van der Waals surface area contributed by atoms with Crippen molar-refractivity contribution in [3.05, 3.63) is 87.7 Å². The summed E-state index contributed by atoms with van der Waals surface area (Å²) in [7, 11) is 0. The fraction of sp³-hybridized carbons (Fsp3) is 0.371. The van der Waals surface area contributed by atoms with Crippen LogP contribution in [0.3, 0.4) is 0 Å². The lowest BCUT2D eigenvalue weighted by Gasteiger charge is -2.19. The number of aryl methyl sites for hydroxylation is 1. The van der Waals surface area contributed by atoms with Gasteiger partial charge in [0.1, 0.15) is 24.0 Å². The maximum Gasteiger partial charge on any atom is 0.419 e. The Morgan fingerprint density at radius 2 is 1.67 bits per heavy atom. The summed E-state index contributed by atoms with van der Waals surface area (Å²) in [5.74, 6) is -2.88. The number of esters is 1. The Balaban J connectivity index is 1.61. The van der Waals surface area contributed by atoms with Gasteiger partial charge in [-0.05, 0) is 58.2 Å². The molecule has 0 aliphatic heterocycles. The van der Waals surface area contributed by atoms with Gasteiger partial charge in [-0.2, -0.15) is 0 Å². The quantitative estimate of drug-likeness (QED) is 0.0736. The van der Waals surface area contributed by atoms with E-state index in [1.165, 1.54) is 17.7 Å². The van der Waals surface area contributed by atoms with Gasteiger partial charge in [0, 0.05) is 21.6 Å². The van der Waals surface area contributed by atoms with Crippen LogP contribution in [0.2, 0.25) is 0 Å². The summed E-state index contributed by atoms with van der Waals surface area (Å²) in [6, 6.07) is 11.5. The van der Waals surface area contributed by atoms with Crippen LogP contribution in [-0.4, -0.2) is 57.6 Å². The average Bonchev–Trinajstić information content (AvgIpc) is 3.62. The molecular weight excluding hydrogens is 700 g/mol. The molecule has 0 aliphatic carbocycles. The molecule has 2 heterocycles. The Morgan fingerprint density at radius 1 is 0.980 bits per heavy atom. The molecular formula is C35H39BrN4O9. The summed E-state index contributed by atoms with van der Waals surface area (Å²) in [6.07, 6.45) is -0.192. The van der Waals surface area contributed by atoms with Gasteiger partial charge < -0.3 is 29.3 Å². The number of nitrogens with zero attached hydrogens (tertiary/aromatic N) is 2. The number of halogens is 1. The Bertz CT molecular complexity index is 1860. The second kappa shape index (κ2) is 15.5. The highest BCUT2D eigenvalue weighted by atomic mass is 79.9. The number of nitrogens with one attached hydrogen (secondary N) is 2. The van der Waals surface area contributed by atoms with Crippen molar-refractivity contribution in [3.8, 4) is 0 Å². The number of carbonyl (C=O) groups excluding carboxylic acids is 5. The van der Waals surface area contributed by atoms with E-state index in [0.29, 0.717) is 15.4 Å². The number of benzene rings is 2. The molecule has 0 spiro atoms. The third-order valence-electron chi connectivity index (χ3n) is 7.14. The van der Waals surface area contributed by atoms with E-state index in [1.54, 1.807) is 45.9 Å². The highest BCUT2D eigenvalue weighted by Crippen LogP contribution is 2.31. The SMILES string of the molecule is CCOC(=O)C(NC(=O)c1nc([C@@H](NC(=O)OCc2ccccc2)C(C)C)oc1C)C(=O)c1cn(C(=O)OC(C)(C)C)c2cccc(Br)c12. The molecule has 13 nitrogen and oxygen atoms in total. The fourth-order valence-electron chi connectivity index (χ4n) is 4.87. The molecule has 2 atom stereocenters. The van der Waals surface area contributed by atoms with Crippen molar-refractivity contribution in [2.24, 2.45) is 5.92 Å². The van der Waals surface area contributed by atoms with Crippen molar-refractivity contribution in [2.45, 2.75) is 72.8 Å². The molecule has 4 rings (SSSR count). The molecule has 0 saturated heterocycles. The number of carbonyl (C=O) groups is 5. The Labute approximate surface area is 291 Å². The maximum absolute atomic E-state index is 14.1. The predicted octanol–water partition coefficient (Wildman–Crippen LogP) is 6.65. The van der Waals surface area contributed by atoms with E-state index in [0.717, 1.165) is 5.56 Å². The second-order valence-electron chi connectivity index (χ2n) is 12.4. The van der Waals surface area contributed by atoms with Gasteiger partial charge in [0.2, 0.25) is 5.89 Å². The van der Waals surface area contributed by atoms with Crippen LogP contribution in [0.1, 0.15) is 85.6 Å². The largest absolute Gasteiger partial charge is 0.464 e. The average molecular weight is 740 g/mol. The van der Waals surface area contributed by atoms with E-state index < -0.39 is 47.5 Å². The lowest BCUT2D eigenvalue weighted by atomic mass is 10.0. The van der Waals surface area contributed by atoms with Crippen LogP contribution in [0.25, 0.3) is 10.9 Å². The summed E-state index contributed by atoms with van der Waals surface area (Å²) >= 11 is 3.44. The number of ketones is 1. The van der Waals surface area contributed by atoms with Crippen LogP contribution < -0.4 is 10.6 Å².